The van der Waals surface area contributed by atoms with E-state index in [1.807, 2.05) is 11.0 Å². The van der Waals surface area contributed by atoms with Crippen LogP contribution in [-0.2, 0) is 10.0 Å². The number of halogens is 1. The molecule has 1 N–H and O–H groups in total. The van der Waals surface area contributed by atoms with E-state index in [4.69, 9.17) is 0 Å². The van der Waals surface area contributed by atoms with Gasteiger partial charge in [-0.05, 0) is 24.3 Å². The Bertz CT molecular complexity index is 793. The van der Waals surface area contributed by atoms with Crippen LogP contribution in [0.4, 0.5) is 10.1 Å². The van der Waals surface area contributed by atoms with Crippen molar-refractivity contribution >= 4 is 15.7 Å². The minimum absolute atomic E-state index is 0.166. The van der Waals surface area contributed by atoms with Gasteiger partial charge in [-0.3, -0.25) is 9.88 Å². The Morgan fingerprint density at radius 2 is 1.84 bits per heavy atom. The highest BCUT2D eigenvalue weighted by Gasteiger charge is 2.20. The molecule has 0 aliphatic carbocycles. The third-order valence-electron chi connectivity index (χ3n) is 4.23. The number of piperazine rings is 1. The second kappa shape index (κ2) is 7.90. The first-order valence-corrected chi connectivity index (χ1v) is 9.66. The third-order valence-corrected chi connectivity index (χ3v) is 5.68. The Hall–Kier alpha value is -2.03. The zero-order chi connectivity index (χ0) is 17.7. The van der Waals surface area contributed by atoms with Gasteiger partial charge in [0.15, 0.2) is 0 Å². The van der Waals surface area contributed by atoms with Gasteiger partial charge in [0.05, 0.1) is 5.69 Å². The highest BCUT2D eigenvalue weighted by molar-refractivity contribution is 7.89. The molecule has 134 valence electrons. The highest BCUT2D eigenvalue weighted by atomic mass is 32.2. The van der Waals surface area contributed by atoms with Crippen LogP contribution in [0.2, 0.25) is 0 Å². The lowest BCUT2D eigenvalue weighted by Crippen LogP contribution is -2.48. The number of pyridine rings is 1. The molecular weight excluding hydrogens is 343 g/mol. The van der Waals surface area contributed by atoms with Crippen molar-refractivity contribution in [1.29, 1.82) is 0 Å². The fourth-order valence-electron chi connectivity index (χ4n) is 2.85. The van der Waals surface area contributed by atoms with Gasteiger partial charge >= 0.3 is 0 Å². The average Bonchev–Trinajstić information content (AvgIpc) is 2.63. The van der Waals surface area contributed by atoms with E-state index in [1.165, 1.54) is 24.5 Å². The number of nitrogens with zero attached hydrogens (tertiary/aromatic N) is 3. The monoisotopic (exact) mass is 364 g/mol. The highest BCUT2D eigenvalue weighted by Crippen LogP contribution is 2.19. The minimum Gasteiger partial charge on any atom is -0.367 e. The van der Waals surface area contributed by atoms with Crippen molar-refractivity contribution in [3.05, 3.63) is 54.6 Å². The summed E-state index contributed by atoms with van der Waals surface area (Å²) in [7, 11) is -3.52. The van der Waals surface area contributed by atoms with E-state index >= 15 is 0 Å². The van der Waals surface area contributed by atoms with Gasteiger partial charge in [-0.1, -0.05) is 12.1 Å². The van der Waals surface area contributed by atoms with E-state index in [-0.39, 0.29) is 10.7 Å². The molecule has 1 fully saturated rings. The Balaban J connectivity index is 1.46. The van der Waals surface area contributed by atoms with Crippen molar-refractivity contribution in [2.45, 2.75) is 4.90 Å². The fraction of sp³-hybridized carbons (Fsp3) is 0.353. The van der Waals surface area contributed by atoms with Gasteiger partial charge in [0.25, 0.3) is 0 Å². The Morgan fingerprint density at radius 1 is 1.08 bits per heavy atom. The van der Waals surface area contributed by atoms with Gasteiger partial charge in [-0.2, -0.15) is 0 Å². The number of aromatic nitrogens is 1. The molecule has 0 radical (unpaired) electrons. The molecule has 3 rings (SSSR count). The summed E-state index contributed by atoms with van der Waals surface area (Å²) in [5.74, 6) is -0.208. The number of hydrogen-bond donors (Lipinski definition) is 1. The van der Waals surface area contributed by atoms with Crippen molar-refractivity contribution in [2.24, 2.45) is 0 Å². The molecule has 0 atom stereocenters. The quantitative estimate of drug-likeness (QED) is 0.838. The summed E-state index contributed by atoms with van der Waals surface area (Å²) in [5, 5.41) is 0. The van der Waals surface area contributed by atoms with Gasteiger partial charge in [-0.25, -0.2) is 17.5 Å². The van der Waals surface area contributed by atoms with E-state index in [0.717, 1.165) is 26.2 Å². The molecule has 0 amide bonds. The summed E-state index contributed by atoms with van der Waals surface area (Å²) in [6.45, 7) is 3.92. The van der Waals surface area contributed by atoms with Gasteiger partial charge < -0.3 is 4.90 Å². The predicted molar refractivity (Wildman–Crippen MR) is 94.5 cm³/mol. The molecule has 0 unspecified atom stereocenters. The lowest BCUT2D eigenvalue weighted by molar-refractivity contribution is 0.261. The number of sulfonamides is 1. The van der Waals surface area contributed by atoms with Crippen LogP contribution in [0.15, 0.2) is 53.7 Å². The molecule has 25 heavy (non-hydrogen) atoms. The first-order chi connectivity index (χ1) is 12.1. The first kappa shape index (κ1) is 17.8. The van der Waals surface area contributed by atoms with Crippen LogP contribution >= 0.6 is 0 Å². The number of benzene rings is 1. The second-order valence-corrected chi connectivity index (χ2v) is 7.63. The van der Waals surface area contributed by atoms with Crippen LogP contribution < -0.4 is 9.62 Å². The Morgan fingerprint density at radius 3 is 2.52 bits per heavy atom. The maximum Gasteiger partial charge on any atom is 0.242 e. The van der Waals surface area contributed by atoms with E-state index < -0.39 is 10.0 Å². The zero-order valence-corrected chi connectivity index (χ0v) is 14.6. The van der Waals surface area contributed by atoms with Crippen LogP contribution in [0.5, 0.6) is 0 Å². The van der Waals surface area contributed by atoms with Crippen molar-refractivity contribution in [1.82, 2.24) is 14.6 Å². The van der Waals surface area contributed by atoms with Crippen molar-refractivity contribution < 1.29 is 12.8 Å². The van der Waals surface area contributed by atoms with Crippen LogP contribution in [0.1, 0.15) is 0 Å². The molecular formula is C17H21FN4O2S. The lowest BCUT2D eigenvalue weighted by Gasteiger charge is -2.36. The molecule has 1 aliphatic rings. The fourth-order valence-corrected chi connectivity index (χ4v) is 3.83. The van der Waals surface area contributed by atoms with Crippen LogP contribution in [0.25, 0.3) is 0 Å². The van der Waals surface area contributed by atoms with E-state index in [1.54, 1.807) is 18.2 Å². The minimum atomic E-state index is -3.52. The second-order valence-electron chi connectivity index (χ2n) is 5.87. The number of hydrogen-bond acceptors (Lipinski definition) is 5. The summed E-state index contributed by atoms with van der Waals surface area (Å²) >= 11 is 0. The SMILES string of the molecule is O=S(=O)(NCCN1CCN(c2ccccc2F)CC1)c1cccnc1. The molecule has 1 aromatic carbocycles. The maximum absolute atomic E-state index is 13.8. The summed E-state index contributed by atoms with van der Waals surface area (Å²) < 4.78 is 40.7. The summed E-state index contributed by atoms with van der Waals surface area (Å²) in [4.78, 5) is 8.18. The van der Waals surface area contributed by atoms with E-state index in [2.05, 4.69) is 14.6 Å². The topological polar surface area (TPSA) is 65.5 Å². The molecule has 1 saturated heterocycles. The van der Waals surface area contributed by atoms with Crippen LogP contribution in [-0.4, -0.2) is 57.6 Å². The number of nitrogens with one attached hydrogen (secondary N) is 1. The zero-order valence-electron chi connectivity index (χ0n) is 13.8. The summed E-state index contributed by atoms with van der Waals surface area (Å²) in [6.07, 6.45) is 2.86. The van der Waals surface area contributed by atoms with Crippen molar-refractivity contribution in [3.63, 3.8) is 0 Å². The summed E-state index contributed by atoms with van der Waals surface area (Å²) in [5.41, 5.74) is 0.624. The predicted octanol–water partition coefficient (Wildman–Crippen LogP) is 1.32. The first-order valence-electron chi connectivity index (χ1n) is 8.18. The maximum atomic E-state index is 13.8. The molecule has 0 bridgehead atoms. The number of para-hydroxylation sites is 1. The molecule has 8 heteroatoms. The van der Waals surface area contributed by atoms with Gasteiger partial charge in [0, 0.05) is 51.7 Å². The van der Waals surface area contributed by atoms with Gasteiger partial charge in [0.2, 0.25) is 10.0 Å². The molecule has 6 nitrogen and oxygen atoms in total. The Kier molecular flexibility index (Phi) is 5.62. The van der Waals surface area contributed by atoms with Crippen LogP contribution in [0, 0.1) is 5.82 Å². The van der Waals surface area contributed by atoms with Crippen molar-refractivity contribution in [2.75, 3.05) is 44.2 Å². The molecule has 1 aliphatic heterocycles. The smallest absolute Gasteiger partial charge is 0.242 e. The Labute approximate surface area is 147 Å². The third kappa shape index (κ3) is 4.53. The van der Waals surface area contributed by atoms with Gasteiger partial charge in [-0.15, -0.1) is 0 Å². The molecule has 2 aromatic rings. The standard InChI is InChI=1S/C17H21FN4O2S/c18-16-5-1-2-6-17(16)22-12-10-21(11-13-22)9-8-20-25(23,24)15-4-3-7-19-14-15/h1-7,14,20H,8-13H2. The lowest BCUT2D eigenvalue weighted by atomic mass is 10.2. The number of rotatable bonds is 6. The van der Waals surface area contributed by atoms with Crippen LogP contribution in [0.3, 0.4) is 0 Å². The summed E-state index contributed by atoms with van der Waals surface area (Å²) in [6, 6.07) is 9.88. The molecule has 1 aromatic heterocycles. The average molecular weight is 364 g/mol. The largest absolute Gasteiger partial charge is 0.367 e. The van der Waals surface area contributed by atoms with E-state index in [0.29, 0.717) is 18.8 Å². The van der Waals surface area contributed by atoms with E-state index in [9.17, 15) is 12.8 Å². The van der Waals surface area contributed by atoms with Gasteiger partial charge in [0.1, 0.15) is 10.7 Å². The molecule has 0 saturated carbocycles. The molecule has 0 spiro atoms. The molecule has 2 heterocycles. The van der Waals surface area contributed by atoms with Crippen molar-refractivity contribution in [3.8, 4) is 0 Å². The normalized spacial score (nSPS) is 16.1. The number of anilines is 1.